The van der Waals surface area contributed by atoms with Gasteiger partial charge in [-0.1, -0.05) is 0 Å². The minimum absolute atomic E-state index is 0.223. The summed E-state index contributed by atoms with van der Waals surface area (Å²) in [4.78, 5) is 21.9. The average Bonchev–Trinajstić information content (AvgIpc) is 3.69. The van der Waals surface area contributed by atoms with Gasteiger partial charge in [-0.15, -0.1) is 0 Å². The molecule has 0 bridgehead atoms. The van der Waals surface area contributed by atoms with Gasteiger partial charge in [0, 0.05) is 0 Å². The van der Waals surface area contributed by atoms with Gasteiger partial charge < -0.3 is 0 Å². The molecule has 2 saturated carbocycles. The second-order valence-corrected chi connectivity index (χ2v) is 8.50. The molecule has 0 saturated heterocycles. The Morgan fingerprint density at radius 2 is 2.06 bits per heavy atom. The first-order valence-electron chi connectivity index (χ1n) is 10.6. The molecule has 3 aliphatic rings. The molecule has 1 aliphatic heterocycles. The maximum absolute atomic E-state index is 11.3. The van der Waals surface area contributed by atoms with Crippen molar-refractivity contribution in [1.82, 2.24) is 15.2 Å². The first-order valence-corrected chi connectivity index (χ1v) is 10.6. The molecule has 155 valence electrons. The van der Waals surface area contributed by atoms with E-state index in [1.54, 1.807) is 7.11 Å². The fourth-order valence-electron chi connectivity index (χ4n) is 4.32. The molecule has 2 aromatic rings. The molecule has 2 aromatic carbocycles. The SMILES string of the molecule is [B]=C(NC1(c2cc(OC)c3c(c2)=C[N+]=3C2CC2)CC1)c1ccccc1CNC(=O)C=O. The Kier molecular flexibility index (Phi) is 4.76. The number of carbonyl (C=O) groups excluding carboxylic acids is 2. The van der Waals surface area contributed by atoms with Gasteiger partial charge in [-0.05, 0) is 0 Å². The molecule has 31 heavy (non-hydrogen) atoms. The van der Waals surface area contributed by atoms with E-state index in [0.717, 1.165) is 29.7 Å². The summed E-state index contributed by atoms with van der Waals surface area (Å²) in [5.74, 6) is 0.260. The third-order valence-corrected chi connectivity index (χ3v) is 6.35. The quantitative estimate of drug-likeness (QED) is 0.260. The Hall–Kier alpha value is -3.22. The number of rotatable bonds is 9. The van der Waals surface area contributed by atoms with Crippen LogP contribution in [0.1, 0.15) is 42.4 Å². The van der Waals surface area contributed by atoms with Crippen LogP contribution in [0, 0.1) is 0 Å². The number of hydrogen-bond acceptors (Lipinski definition) is 4. The van der Waals surface area contributed by atoms with E-state index in [9.17, 15) is 9.59 Å². The van der Waals surface area contributed by atoms with E-state index in [4.69, 9.17) is 12.2 Å². The van der Waals surface area contributed by atoms with Crippen LogP contribution < -0.4 is 30.5 Å². The normalized spacial score (nSPS) is 17.5. The minimum atomic E-state index is -0.648. The predicted molar refractivity (Wildman–Crippen MR) is 119 cm³/mol. The van der Waals surface area contributed by atoms with Crippen molar-refractivity contribution in [2.24, 2.45) is 0 Å². The molecule has 2 aliphatic carbocycles. The number of amides is 1. The van der Waals surface area contributed by atoms with Crippen LogP contribution in [0.4, 0.5) is 0 Å². The van der Waals surface area contributed by atoms with Crippen LogP contribution in [0.25, 0.3) is 6.20 Å². The van der Waals surface area contributed by atoms with Crippen molar-refractivity contribution < 1.29 is 14.3 Å². The molecule has 1 amide bonds. The van der Waals surface area contributed by atoms with Crippen LogP contribution in [0.3, 0.4) is 0 Å². The number of ether oxygens (including phenoxy) is 1. The maximum atomic E-state index is 11.3. The van der Waals surface area contributed by atoms with Crippen LogP contribution in [0.2, 0.25) is 0 Å². The number of nitrogens with zero attached hydrogens (tertiary/aromatic N) is 1. The van der Waals surface area contributed by atoms with Crippen molar-refractivity contribution in [3.05, 3.63) is 63.7 Å². The van der Waals surface area contributed by atoms with Crippen molar-refractivity contribution in [1.29, 1.82) is 0 Å². The molecule has 0 unspecified atom stereocenters. The number of fused-ring (bicyclic) bond motifs is 1. The molecule has 1 heterocycles. The van der Waals surface area contributed by atoms with Crippen LogP contribution in [0.5, 0.6) is 5.75 Å². The van der Waals surface area contributed by atoms with E-state index in [1.165, 1.54) is 29.0 Å². The van der Waals surface area contributed by atoms with E-state index in [2.05, 4.69) is 33.5 Å². The van der Waals surface area contributed by atoms with Crippen molar-refractivity contribution in [3.8, 4) is 5.75 Å². The summed E-state index contributed by atoms with van der Waals surface area (Å²) in [5, 5.41) is 8.52. The van der Waals surface area contributed by atoms with Crippen LogP contribution in [-0.2, 0) is 21.7 Å². The summed E-state index contributed by atoms with van der Waals surface area (Å²) >= 11 is 0. The molecular formula is C24H24BN3O3+. The summed E-state index contributed by atoms with van der Waals surface area (Å²) in [6.07, 6.45) is 6.92. The third kappa shape index (κ3) is 3.58. The second kappa shape index (κ2) is 7.48. The summed E-state index contributed by atoms with van der Waals surface area (Å²) in [5.41, 5.74) is 3.17. The Morgan fingerprint density at radius 3 is 2.74 bits per heavy atom. The summed E-state index contributed by atoms with van der Waals surface area (Å²) < 4.78 is 8.06. The first kappa shape index (κ1) is 19.7. The molecule has 1 radical (unpaired) electrons. The topological polar surface area (TPSA) is 70.4 Å². The molecule has 5 rings (SSSR count). The molecule has 0 spiro atoms. The number of nitrogens with one attached hydrogen (secondary N) is 2. The van der Waals surface area contributed by atoms with E-state index in [-0.39, 0.29) is 18.4 Å². The molecule has 2 N–H and O–H groups in total. The molecule has 7 heteroatoms. The fraction of sp³-hybridized carbons (Fsp3) is 0.333. The van der Waals surface area contributed by atoms with Crippen LogP contribution in [-0.4, -0.2) is 38.4 Å². The number of hydrogen-bond donors (Lipinski definition) is 2. The summed E-state index contributed by atoms with van der Waals surface area (Å²) in [7, 11) is 8.22. The van der Waals surface area contributed by atoms with Gasteiger partial charge in [0.25, 0.3) is 0 Å². The Bertz CT molecular complexity index is 1230. The van der Waals surface area contributed by atoms with Gasteiger partial charge in [-0.3, -0.25) is 0 Å². The summed E-state index contributed by atoms with van der Waals surface area (Å²) in [6, 6.07) is 12.6. The summed E-state index contributed by atoms with van der Waals surface area (Å²) in [6.45, 7) is 0.238. The number of methoxy groups -OCH3 is 1. The predicted octanol–water partition coefficient (Wildman–Crippen LogP) is -0.159. The van der Waals surface area contributed by atoms with Gasteiger partial charge >= 0.3 is 181 Å². The van der Waals surface area contributed by atoms with E-state index < -0.39 is 5.91 Å². The Balaban J connectivity index is 1.40. The molecule has 0 aromatic heterocycles. The van der Waals surface area contributed by atoms with E-state index in [1.807, 2.05) is 24.3 Å². The third-order valence-electron chi connectivity index (χ3n) is 6.35. The van der Waals surface area contributed by atoms with E-state index >= 15 is 0 Å². The van der Waals surface area contributed by atoms with Gasteiger partial charge in [0.1, 0.15) is 0 Å². The van der Waals surface area contributed by atoms with Crippen molar-refractivity contribution in [3.63, 3.8) is 0 Å². The van der Waals surface area contributed by atoms with Crippen LogP contribution >= 0.6 is 0 Å². The Labute approximate surface area is 181 Å². The monoisotopic (exact) mass is 413 g/mol. The first-order chi connectivity index (χ1) is 15.0. The van der Waals surface area contributed by atoms with Gasteiger partial charge in [0.15, 0.2) is 0 Å². The molecule has 6 nitrogen and oxygen atoms in total. The van der Waals surface area contributed by atoms with Gasteiger partial charge in [0.05, 0.1) is 0 Å². The van der Waals surface area contributed by atoms with Crippen molar-refractivity contribution in [2.75, 3.05) is 7.11 Å². The van der Waals surface area contributed by atoms with Gasteiger partial charge in [-0.2, -0.15) is 0 Å². The molecular weight excluding hydrogens is 389 g/mol. The number of aldehydes is 1. The van der Waals surface area contributed by atoms with E-state index in [0.29, 0.717) is 11.6 Å². The average molecular weight is 413 g/mol. The standard InChI is InChI=1S/C24H23BN3O3/c1-31-20-11-17(10-16-13-28(22(16)20)18-6-7-18)24(8-9-24)27-23(25)19-5-3-2-4-15(19)12-26-21(30)14-29/h2-5,10-11,13-14,18,27H,6-9,12H2,1H3/p+1. The molecule has 2 fully saturated rings. The number of benzene rings is 2. The van der Waals surface area contributed by atoms with Crippen molar-refractivity contribution in [2.45, 2.75) is 43.8 Å². The Morgan fingerprint density at radius 1 is 1.29 bits per heavy atom. The van der Waals surface area contributed by atoms with Gasteiger partial charge in [-0.25, -0.2) is 0 Å². The van der Waals surface area contributed by atoms with Gasteiger partial charge in [0.2, 0.25) is 0 Å². The zero-order chi connectivity index (χ0) is 21.6. The fourth-order valence-corrected chi connectivity index (χ4v) is 4.32. The zero-order valence-corrected chi connectivity index (χ0v) is 17.5. The number of carbonyl (C=O) groups is 2. The van der Waals surface area contributed by atoms with Crippen LogP contribution in [0.15, 0.2) is 36.4 Å². The second-order valence-electron chi connectivity index (χ2n) is 8.50. The molecule has 0 atom stereocenters. The van der Waals surface area contributed by atoms with Crippen molar-refractivity contribution >= 4 is 31.5 Å². The zero-order valence-electron chi connectivity index (χ0n) is 17.5.